The first-order chi connectivity index (χ1) is 15.0. The summed E-state index contributed by atoms with van der Waals surface area (Å²) in [5, 5.41) is 8.46. The first kappa shape index (κ1) is 20.4. The molecule has 7 nitrogen and oxygen atoms in total. The highest BCUT2D eigenvalue weighted by atomic mass is 16.5. The second-order valence-electron chi connectivity index (χ2n) is 7.36. The van der Waals surface area contributed by atoms with Crippen LogP contribution in [-0.4, -0.2) is 33.9 Å². The number of fused-ring (bicyclic) bond motifs is 1. The minimum atomic E-state index is -0.219. The van der Waals surface area contributed by atoms with Crippen LogP contribution in [0.1, 0.15) is 22.3 Å². The molecule has 0 aliphatic carbocycles. The summed E-state index contributed by atoms with van der Waals surface area (Å²) in [5.74, 6) is 0.481. The topological polar surface area (TPSA) is 78.2 Å². The first-order valence-corrected chi connectivity index (χ1v) is 10.1. The first-order valence-electron chi connectivity index (χ1n) is 10.1. The smallest absolute Gasteiger partial charge is 0.255 e. The third kappa shape index (κ3) is 4.50. The average Bonchev–Trinajstić information content (AvgIpc) is 3.19. The number of pyridine rings is 1. The Kier molecular flexibility index (Phi) is 5.84. The second kappa shape index (κ2) is 8.87. The molecule has 1 amide bonds. The van der Waals surface area contributed by atoms with E-state index in [1.54, 1.807) is 43.6 Å². The number of benzene rings is 2. The summed E-state index contributed by atoms with van der Waals surface area (Å²) in [6.45, 7) is 3.27. The van der Waals surface area contributed by atoms with Crippen LogP contribution in [0.5, 0.6) is 5.75 Å². The minimum absolute atomic E-state index is 0.206. The fourth-order valence-corrected chi connectivity index (χ4v) is 3.46. The SMILES string of the molecule is COc1ccc(-n2cc(C(=O)NCCCn3ncc4ccc(C)cc43)ccc2=O)cc1. The van der Waals surface area contributed by atoms with Crippen molar-refractivity contribution in [3.8, 4) is 11.4 Å². The lowest BCUT2D eigenvalue weighted by molar-refractivity contribution is 0.0952. The quantitative estimate of drug-likeness (QED) is 0.469. The minimum Gasteiger partial charge on any atom is -0.497 e. The summed E-state index contributed by atoms with van der Waals surface area (Å²) >= 11 is 0. The molecule has 0 bridgehead atoms. The molecule has 0 radical (unpaired) electrons. The fourth-order valence-electron chi connectivity index (χ4n) is 3.46. The third-order valence-electron chi connectivity index (χ3n) is 5.16. The van der Waals surface area contributed by atoms with Gasteiger partial charge in [0.15, 0.2) is 0 Å². The Hall–Kier alpha value is -3.87. The van der Waals surface area contributed by atoms with Gasteiger partial charge in [0.1, 0.15) is 5.75 Å². The highest BCUT2D eigenvalue weighted by Gasteiger charge is 2.09. The number of aryl methyl sites for hydroxylation is 2. The third-order valence-corrected chi connectivity index (χ3v) is 5.16. The Balaban J connectivity index is 1.39. The molecule has 2 aromatic heterocycles. The van der Waals surface area contributed by atoms with Crippen LogP contribution in [0.2, 0.25) is 0 Å². The number of carbonyl (C=O) groups is 1. The number of hydrogen-bond acceptors (Lipinski definition) is 4. The molecule has 0 aliphatic heterocycles. The number of hydrogen-bond donors (Lipinski definition) is 1. The molecule has 0 saturated heterocycles. The van der Waals surface area contributed by atoms with E-state index in [0.29, 0.717) is 30.1 Å². The Morgan fingerprint density at radius 3 is 2.68 bits per heavy atom. The molecule has 0 saturated carbocycles. The van der Waals surface area contributed by atoms with Crippen molar-refractivity contribution in [1.29, 1.82) is 0 Å². The summed E-state index contributed by atoms with van der Waals surface area (Å²) in [7, 11) is 1.59. The van der Waals surface area contributed by atoms with E-state index in [-0.39, 0.29) is 11.5 Å². The Labute approximate surface area is 179 Å². The van der Waals surface area contributed by atoms with Crippen LogP contribution in [0, 0.1) is 6.92 Å². The zero-order chi connectivity index (χ0) is 21.8. The van der Waals surface area contributed by atoms with Crippen molar-refractivity contribution < 1.29 is 9.53 Å². The molecule has 4 rings (SSSR count). The van der Waals surface area contributed by atoms with Crippen LogP contribution in [-0.2, 0) is 6.54 Å². The lowest BCUT2D eigenvalue weighted by atomic mass is 10.2. The maximum absolute atomic E-state index is 12.6. The van der Waals surface area contributed by atoms with Gasteiger partial charge in [0, 0.05) is 36.4 Å². The summed E-state index contributed by atoms with van der Waals surface area (Å²) in [5.41, 5.74) is 3.17. The van der Waals surface area contributed by atoms with E-state index in [1.807, 2.05) is 10.9 Å². The average molecular weight is 416 g/mol. The van der Waals surface area contributed by atoms with Gasteiger partial charge in [-0.15, -0.1) is 0 Å². The van der Waals surface area contributed by atoms with Gasteiger partial charge in [0.25, 0.3) is 11.5 Å². The number of ether oxygens (including phenoxy) is 1. The normalized spacial score (nSPS) is 10.9. The van der Waals surface area contributed by atoms with Crippen LogP contribution in [0.3, 0.4) is 0 Å². The van der Waals surface area contributed by atoms with E-state index in [0.717, 1.165) is 17.3 Å². The van der Waals surface area contributed by atoms with Gasteiger partial charge in [-0.3, -0.25) is 18.8 Å². The van der Waals surface area contributed by atoms with Crippen LogP contribution >= 0.6 is 0 Å². The van der Waals surface area contributed by atoms with E-state index < -0.39 is 0 Å². The monoisotopic (exact) mass is 416 g/mol. The lowest BCUT2D eigenvalue weighted by Gasteiger charge is -2.10. The number of rotatable bonds is 7. The van der Waals surface area contributed by atoms with Gasteiger partial charge >= 0.3 is 0 Å². The van der Waals surface area contributed by atoms with Crippen molar-refractivity contribution in [2.45, 2.75) is 19.9 Å². The molecule has 0 spiro atoms. The zero-order valence-corrected chi connectivity index (χ0v) is 17.5. The predicted octanol–water partition coefficient (Wildman–Crippen LogP) is 3.32. The van der Waals surface area contributed by atoms with Gasteiger partial charge in [-0.05, 0) is 55.3 Å². The molecule has 0 aliphatic rings. The van der Waals surface area contributed by atoms with Crippen LogP contribution in [0.4, 0.5) is 0 Å². The fraction of sp³-hybridized carbons (Fsp3) is 0.208. The summed E-state index contributed by atoms with van der Waals surface area (Å²) in [4.78, 5) is 24.9. The molecule has 0 atom stereocenters. The molecule has 0 unspecified atom stereocenters. The van der Waals surface area contributed by atoms with E-state index in [9.17, 15) is 9.59 Å². The van der Waals surface area contributed by atoms with E-state index in [1.165, 1.54) is 16.2 Å². The largest absolute Gasteiger partial charge is 0.497 e. The molecule has 2 aromatic carbocycles. The van der Waals surface area contributed by atoms with Gasteiger partial charge in [-0.1, -0.05) is 12.1 Å². The number of carbonyl (C=O) groups excluding carboxylic acids is 1. The highest BCUT2D eigenvalue weighted by molar-refractivity contribution is 5.93. The second-order valence-corrected chi connectivity index (χ2v) is 7.36. The van der Waals surface area contributed by atoms with Crippen molar-refractivity contribution >= 4 is 16.8 Å². The highest BCUT2D eigenvalue weighted by Crippen LogP contribution is 2.16. The van der Waals surface area contributed by atoms with E-state index in [2.05, 4.69) is 35.5 Å². The van der Waals surface area contributed by atoms with Crippen LogP contribution in [0.25, 0.3) is 16.6 Å². The number of methoxy groups -OCH3 is 1. The molecule has 2 heterocycles. The molecule has 1 N–H and O–H groups in total. The van der Waals surface area contributed by atoms with Gasteiger partial charge in [0.05, 0.1) is 24.4 Å². The number of amides is 1. The summed E-state index contributed by atoms with van der Waals surface area (Å²) in [6, 6.07) is 16.3. The molecule has 4 aromatic rings. The molecule has 31 heavy (non-hydrogen) atoms. The predicted molar refractivity (Wildman–Crippen MR) is 120 cm³/mol. The molecule has 0 fully saturated rings. The Morgan fingerprint density at radius 1 is 1.10 bits per heavy atom. The van der Waals surface area contributed by atoms with Crippen molar-refractivity contribution in [3.05, 3.63) is 88.5 Å². The van der Waals surface area contributed by atoms with Crippen molar-refractivity contribution in [3.63, 3.8) is 0 Å². The Bertz CT molecular complexity index is 1270. The number of nitrogens with one attached hydrogen (secondary N) is 1. The summed E-state index contributed by atoms with van der Waals surface area (Å²) < 4.78 is 8.56. The molecular formula is C24H24N4O3. The van der Waals surface area contributed by atoms with E-state index >= 15 is 0 Å². The summed E-state index contributed by atoms with van der Waals surface area (Å²) in [6.07, 6.45) is 4.16. The molecule has 7 heteroatoms. The van der Waals surface area contributed by atoms with Crippen LogP contribution in [0.15, 0.2) is 71.8 Å². The number of aromatic nitrogens is 3. The maximum Gasteiger partial charge on any atom is 0.255 e. The maximum atomic E-state index is 12.6. The Morgan fingerprint density at radius 2 is 1.90 bits per heavy atom. The van der Waals surface area contributed by atoms with E-state index in [4.69, 9.17) is 4.74 Å². The van der Waals surface area contributed by atoms with Crippen molar-refractivity contribution in [1.82, 2.24) is 19.7 Å². The standard InChI is InChI=1S/C24H24N4O3/c1-17-4-5-18-15-26-28(22(18)14-17)13-3-12-25-24(30)19-6-11-23(29)27(16-19)20-7-9-21(31-2)10-8-20/h4-11,14-16H,3,12-13H2,1-2H3,(H,25,30). The van der Waals surface area contributed by atoms with Gasteiger partial charge in [-0.25, -0.2) is 0 Å². The van der Waals surface area contributed by atoms with Gasteiger partial charge in [0.2, 0.25) is 0 Å². The molecule has 158 valence electrons. The molecular weight excluding hydrogens is 392 g/mol. The van der Waals surface area contributed by atoms with Gasteiger partial charge in [-0.2, -0.15) is 5.10 Å². The number of nitrogens with zero attached hydrogens (tertiary/aromatic N) is 3. The van der Waals surface area contributed by atoms with Crippen molar-refractivity contribution in [2.24, 2.45) is 0 Å². The zero-order valence-electron chi connectivity index (χ0n) is 17.5. The van der Waals surface area contributed by atoms with Gasteiger partial charge < -0.3 is 10.1 Å². The lowest BCUT2D eigenvalue weighted by Crippen LogP contribution is -2.27. The van der Waals surface area contributed by atoms with Crippen molar-refractivity contribution in [2.75, 3.05) is 13.7 Å². The van der Waals surface area contributed by atoms with Crippen LogP contribution < -0.4 is 15.6 Å².